The van der Waals surface area contributed by atoms with Crippen LogP contribution in [0.3, 0.4) is 0 Å². The Morgan fingerprint density at radius 1 is 1.53 bits per heavy atom. The van der Waals surface area contributed by atoms with Gasteiger partial charge in [0.1, 0.15) is 0 Å². The summed E-state index contributed by atoms with van der Waals surface area (Å²) in [5, 5.41) is 0.654. The maximum atomic E-state index is 11.8. The van der Waals surface area contributed by atoms with Crippen molar-refractivity contribution in [2.45, 2.75) is 0 Å². The third-order valence-corrected chi connectivity index (χ3v) is 3.05. The lowest BCUT2D eigenvalue weighted by atomic mass is 10.2. The van der Waals surface area contributed by atoms with E-state index >= 15 is 0 Å². The number of hydrogen-bond acceptors (Lipinski definition) is 5. The first-order valence-electron chi connectivity index (χ1n) is 5.07. The van der Waals surface area contributed by atoms with Crippen LogP contribution in [0.25, 0.3) is 17.0 Å². The Bertz CT molecular complexity index is 738. The van der Waals surface area contributed by atoms with Crippen LogP contribution in [-0.2, 0) is 9.53 Å². The van der Waals surface area contributed by atoms with Gasteiger partial charge in [-0.05, 0) is 28.1 Å². The number of rotatable bonds is 2. The van der Waals surface area contributed by atoms with Crippen LogP contribution in [0.4, 0.5) is 0 Å². The molecule has 1 aromatic carbocycles. The van der Waals surface area contributed by atoms with Crippen molar-refractivity contribution in [3.05, 3.63) is 44.0 Å². The van der Waals surface area contributed by atoms with Gasteiger partial charge in [-0.15, -0.1) is 0 Å². The minimum absolute atomic E-state index is 0.00548. The highest BCUT2D eigenvalue weighted by Gasteiger charge is 2.09. The van der Waals surface area contributed by atoms with Crippen LogP contribution in [0, 0.1) is 0 Å². The molecule has 0 N–H and O–H groups in total. The molecule has 1 heterocycles. The van der Waals surface area contributed by atoms with E-state index in [0.717, 1.165) is 6.08 Å². The van der Waals surface area contributed by atoms with E-state index in [4.69, 9.17) is 16.0 Å². The van der Waals surface area contributed by atoms with Crippen LogP contribution in [0.15, 0.2) is 31.9 Å². The van der Waals surface area contributed by atoms with Gasteiger partial charge in [0, 0.05) is 21.6 Å². The van der Waals surface area contributed by atoms with Gasteiger partial charge in [-0.2, -0.15) is 0 Å². The Balaban J connectivity index is 2.59. The fourth-order valence-corrected chi connectivity index (χ4v) is 2.30. The Labute approximate surface area is 121 Å². The highest BCUT2D eigenvalue weighted by molar-refractivity contribution is 9.10. The van der Waals surface area contributed by atoms with Crippen LogP contribution in [0.5, 0.6) is 0 Å². The lowest BCUT2D eigenvalue weighted by molar-refractivity contribution is -0.134. The average molecular weight is 345 g/mol. The van der Waals surface area contributed by atoms with E-state index in [-0.39, 0.29) is 11.3 Å². The number of aromatic nitrogens is 1. The summed E-state index contributed by atoms with van der Waals surface area (Å²) < 4.78 is 9.95. The molecule has 0 aliphatic carbocycles. The highest BCUT2D eigenvalue weighted by atomic mass is 79.9. The van der Waals surface area contributed by atoms with Crippen LogP contribution in [0.1, 0.15) is 5.89 Å². The van der Waals surface area contributed by atoms with Crippen molar-refractivity contribution >= 4 is 50.5 Å². The van der Waals surface area contributed by atoms with Gasteiger partial charge in [-0.25, -0.2) is 14.6 Å². The Hall–Kier alpha value is -1.66. The molecule has 0 fully saturated rings. The van der Waals surface area contributed by atoms with E-state index < -0.39 is 11.6 Å². The fourth-order valence-electron chi connectivity index (χ4n) is 1.40. The summed E-state index contributed by atoms with van der Waals surface area (Å²) in [6.07, 6.45) is 2.37. The van der Waals surface area contributed by atoms with Crippen LogP contribution < -0.4 is 5.63 Å². The number of nitrogens with zero attached hydrogens (tertiary/aromatic N) is 1. The first kappa shape index (κ1) is 13.8. The molecular weight excluding hydrogens is 337 g/mol. The van der Waals surface area contributed by atoms with Crippen LogP contribution in [-0.4, -0.2) is 18.1 Å². The predicted molar refractivity (Wildman–Crippen MR) is 74.0 cm³/mol. The molecule has 0 aliphatic rings. The Kier molecular flexibility index (Phi) is 4.01. The number of fused-ring (bicyclic) bond motifs is 1. The van der Waals surface area contributed by atoms with E-state index in [9.17, 15) is 9.59 Å². The molecular formula is C12H7BrClNO4. The Morgan fingerprint density at radius 2 is 2.26 bits per heavy atom. The minimum Gasteiger partial charge on any atom is -0.466 e. The van der Waals surface area contributed by atoms with Crippen molar-refractivity contribution in [1.82, 2.24) is 4.98 Å². The van der Waals surface area contributed by atoms with E-state index in [0.29, 0.717) is 15.0 Å². The van der Waals surface area contributed by atoms with E-state index in [2.05, 4.69) is 25.7 Å². The van der Waals surface area contributed by atoms with E-state index in [1.807, 2.05) is 0 Å². The standard InChI is InChI=1S/C12H7BrClNO4/c1-18-10(16)3-2-9-15-11-7(12(17)19-9)4-6(14)5-8(11)13/h2-5H,1H3/b3-2+. The first-order chi connectivity index (χ1) is 9.01. The molecule has 19 heavy (non-hydrogen) atoms. The molecule has 7 heteroatoms. The lowest BCUT2D eigenvalue weighted by Crippen LogP contribution is -2.04. The summed E-state index contributed by atoms with van der Waals surface area (Å²) in [4.78, 5) is 26.9. The molecule has 0 spiro atoms. The number of hydrogen-bond donors (Lipinski definition) is 0. The zero-order valence-electron chi connectivity index (χ0n) is 9.65. The molecule has 2 rings (SSSR count). The Morgan fingerprint density at radius 3 is 2.95 bits per heavy atom. The second kappa shape index (κ2) is 5.54. The highest BCUT2D eigenvalue weighted by Crippen LogP contribution is 2.25. The molecule has 0 saturated carbocycles. The minimum atomic E-state index is -0.585. The lowest BCUT2D eigenvalue weighted by Gasteiger charge is -2.01. The molecule has 0 radical (unpaired) electrons. The number of methoxy groups -OCH3 is 1. The largest absolute Gasteiger partial charge is 0.466 e. The summed E-state index contributed by atoms with van der Waals surface area (Å²) in [5.74, 6) is -0.564. The van der Waals surface area contributed by atoms with Crippen molar-refractivity contribution in [2.24, 2.45) is 0 Å². The monoisotopic (exact) mass is 343 g/mol. The van der Waals surface area contributed by atoms with Gasteiger partial charge < -0.3 is 9.15 Å². The van der Waals surface area contributed by atoms with Crippen molar-refractivity contribution < 1.29 is 13.9 Å². The fraction of sp³-hybridized carbons (Fsp3) is 0.0833. The SMILES string of the molecule is COC(=O)/C=C/c1nc2c(Br)cc(Cl)cc2c(=O)o1. The van der Waals surface area contributed by atoms with Gasteiger partial charge in [0.25, 0.3) is 0 Å². The normalized spacial score (nSPS) is 11.1. The summed E-state index contributed by atoms with van der Waals surface area (Å²) in [6.45, 7) is 0. The van der Waals surface area contributed by atoms with Gasteiger partial charge in [0.2, 0.25) is 5.89 Å². The molecule has 0 aliphatic heterocycles. The molecule has 2 aromatic rings. The van der Waals surface area contributed by atoms with E-state index in [1.165, 1.54) is 19.3 Å². The zero-order valence-corrected chi connectivity index (χ0v) is 12.0. The summed E-state index contributed by atoms with van der Waals surface area (Å²) in [5.41, 5.74) is -0.178. The predicted octanol–water partition coefficient (Wildman–Crippen LogP) is 2.79. The second-order valence-electron chi connectivity index (χ2n) is 3.48. The van der Waals surface area contributed by atoms with Crippen LogP contribution in [0.2, 0.25) is 5.02 Å². The molecule has 0 amide bonds. The number of carbonyl (C=O) groups excluding carboxylic acids is 1. The average Bonchev–Trinajstić information content (AvgIpc) is 2.37. The maximum absolute atomic E-state index is 11.8. The molecule has 0 saturated heterocycles. The molecule has 0 atom stereocenters. The summed E-state index contributed by atoms with van der Waals surface area (Å²) >= 11 is 9.11. The molecule has 0 unspecified atom stereocenters. The number of halogens is 2. The van der Waals surface area contributed by atoms with Gasteiger partial charge >= 0.3 is 11.6 Å². The number of carbonyl (C=O) groups is 1. The van der Waals surface area contributed by atoms with E-state index in [1.54, 1.807) is 6.07 Å². The van der Waals surface area contributed by atoms with Crippen molar-refractivity contribution in [3.8, 4) is 0 Å². The summed E-state index contributed by atoms with van der Waals surface area (Å²) in [6, 6.07) is 3.08. The molecule has 98 valence electrons. The zero-order chi connectivity index (χ0) is 14.0. The molecule has 0 bridgehead atoms. The topological polar surface area (TPSA) is 69.4 Å². The van der Waals surface area contributed by atoms with Crippen molar-refractivity contribution in [1.29, 1.82) is 0 Å². The quantitative estimate of drug-likeness (QED) is 0.619. The molecule has 1 aromatic heterocycles. The maximum Gasteiger partial charge on any atom is 0.347 e. The smallest absolute Gasteiger partial charge is 0.347 e. The van der Waals surface area contributed by atoms with Gasteiger partial charge in [0.05, 0.1) is 18.0 Å². The van der Waals surface area contributed by atoms with Gasteiger partial charge in [-0.3, -0.25) is 0 Å². The third kappa shape index (κ3) is 3.02. The number of benzene rings is 1. The van der Waals surface area contributed by atoms with Crippen molar-refractivity contribution in [2.75, 3.05) is 7.11 Å². The van der Waals surface area contributed by atoms with Crippen LogP contribution >= 0.6 is 27.5 Å². The third-order valence-electron chi connectivity index (χ3n) is 2.23. The summed E-state index contributed by atoms with van der Waals surface area (Å²) in [7, 11) is 1.25. The number of ether oxygens (including phenoxy) is 1. The first-order valence-corrected chi connectivity index (χ1v) is 6.24. The molecule has 5 nitrogen and oxygen atoms in total. The van der Waals surface area contributed by atoms with Crippen molar-refractivity contribution in [3.63, 3.8) is 0 Å². The van der Waals surface area contributed by atoms with Gasteiger partial charge in [0.15, 0.2) is 0 Å². The van der Waals surface area contributed by atoms with Gasteiger partial charge in [-0.1, -0.05) is 11.6 Å². The second-order valence-corrected chi connectivity index (χ2v) is 4.77. The number of esters is 1.